The van der Waals surface area contributed by atoms with E-state index in [1.165, 1.54) is 0 Å². The number of benzene rings is 2. The van der Waals surface area contributed by atoms with Gasteiger partial charge in [-0.1, -0.05) is 48.5 Å². The fraction of sp³-hybridized carbons (Fsp3) is 0.111. The highest BCUT2D eigenvalue weighted by Gasteiger charge is 2.13. The molecule has 0 spiro atoms. The molecule has 3 aromatic rings. The van der Waals surface area contributed by atoms with Gasteiger partial charge in [0.1, 0.15) is 0 Å². The number of aromatic amines is 1. The lowest BCUT2D eigenvalue weighted by Gasteiger charge is -2.14. The lowest BCUT2D eigenvalue weighted by atomic mass is 10.1. The second kappa shape index (κ2) is 6.36. The topological polar surface area (TPSA) is 68.7 Å². The van der Waals surface area contributed by atoms with Crippen LogP contribution in [0.2, 0.25) is 0 Å². The molecule has 1 aromatic heterocycles. The Kier molecular flexibility index (Phi) is 4.10. The molecular weight excluding hydrogens is 290 g/mol. The zero-order valence-corrected chi connectivity index (χ0v) is 12.7. The molecule has 5 nitrogen and oxygen atoms in total. The van der Waals surface area contributed by atoms with Crippen LogP contribution in [-0.4, -0.2) is 26.9 Å². The van der Waals surface area contributed by atoms with Crippen molar-refractivity contribution in [2.45, 2.75) is 13.5 Å². The summed E-state index contributed by atoms with van der Waals surface area (Å²) in [5.74, 6) is 0. The highest BCUT2D eigenvalue weighted by atomic mass is 16.4. The van der Waals surface area contributed by atoms with E-state index in [4.69, 9.17) is 0 Å². The second-order valence-corrected chi connectivity index (χ2v) is 5.26. The molecule has 0 atom stereocenters. The fourth-order valence-corrected chi connectivity index (χ4v) is 2.51. The van der Waals surface area contributed by atoms with Gasteiger partial charge in [0, 0.05) is 22.7 Å². The number of fused-ring (bicyclic) bond motifs is 1. The van der Waals surface area contributed by atoms with Crippen LogP contribution >= 0.6 is 0 Å². The van der Waals surface area contributed by atoms with E-state index >= 15 is 0 Å². The average Bonchev–Trinajstić information content (AvgIpc) is 2.99. The first-order chi connectivity index (χ1) is 11.1. The SMILES string of the molecule is C/C(=N\N(Cc1ccccc1)C(=O)O)c1c[nH]c2ccccc12. The van der Waals surface area contributed by atoms with E-state index in [9.17, 15) is 9.90 Å². The standard InChI is InChI=1S/C18H17N3O2/c1-13(16-11-19-17-10-6-5-9-15(16)17)20-21(18(22)23)12-14-7-3-2-4-8-14/h2-11,19H,12H2,1H3,(H,22,23)/b20-13+. The van der Waals surface area contributed by atoms with Gasteiger partial charge in [0.05, 0.1) is 12.3 Å². The van der Waals surface area contributed by atoms with Crippen molar-refractivity contribution in [1.82, 2.24) is 9.99 Å². The summed E-state index contributed by atoms with van der Waals surface area (Å²) in [5, 5.41) is 15.8. The van der Waals surface area contributed by atoms with Crippen LogP contribution in [0.4, 0.5) is 4.79 Å². The number of H-pyrrole nitrogens is 1. The number of carbonyl (C=O) groups is 1. The summed E-state index contributed by atoms with van der Waals surface area (Å²) in [7, 11) is 0. The van der Waals surface area contributed by atoms with Crippen LogP contribution in [-0.2, 0) is 6.54 Å². The van der Waals surface area contributed by atoms with E-state index < -0.39 is 6.09 Å². The number of amides is 1. The normalized spacial score (nSPS) is 11.6. The molecule has 0 unspecified atom stereocenters. The maximum Gasteiger partial charge on any atom is 0.428 e. The van der Waals surface area contributed by atoms with E-state index in [-0.39, 0.29) is 6.54 Å². The van der Waals surface area contributed by atoms with Crippen molar-refractivity contribution in [3.8, 4) is 0 Å². The minimum Gasteiger partial charge on any atom is -0.464 e. The lowest BCUT2D eigenvalue weighted by molar-refractivity contribution is 0.144. The number of rotatable bonds is 4. The van der Waals surface area contributed by atoms with Gasteiger partial charge in [-0.15, -0.1) is 0 Å². The van der Waals surface area contributed by atoms with Gasteiger partial charge in [-0.2, -0.15) is 10.1 Å². The van der Waals surface area contributed by atoms with Crippen molar-refractivity contribution in [2.75, 3.05) is 0 Å². The molecule has 0 bridgehead atoms. The van der Waals surface area contributed by atoms with Crippen LogP contribution in [0.3, 0.4) is 0 Å². The third-order valence-electron chi connectivity index (χ3n) is 3.65. The number of hydrogen-bond acceptors (Lipinski definition) is 2. The third-order valence-corrected chi connectivity index (χ3v) is 3.65. The average molecular weight is 307 g/mol. The molecule has 0 radical (unpaired) electrons. The highest BCUT2D eigenvalue weighted by molar-refractivity contribution is 6.09. The van der Waals surface area contributed by atoms with Crippen LogP contribution in [0, 0.1) is 0 Å². The molecule has 0 saturated carbocycles. The second-order valence-electron chi connectivity index (χ2n) is 5.26. The van der Waals surface area contributed by atoms with Gasteiger partial charge in [-0.3, -0.25) is 0 Å². The molecule has 2 N–H and O–H groups in total. The van der Waals surface area contributed by atoms with E-state index in [1.807, 2.05) is 67.7 Å². The number of nitrogens with one attached hydrogen (secondary N) is 1. The van der Waals surface area contributed by atoms with Crippen molar-refractivity contribution in [3.63, 3.8) is 0 Å². The summed E-state index contributed by atoms with van der Waals surface area (Å²) >= 11 is 0. The largest absolute Gasteiger partial charge is 0.464 e. The number of hydrogen-bond donors (Lipinski definition) is 2. The van der Waals surface area contributed by atoms with Crippen molar-refractivity contribution in [3.05, 3.63) is 71.9 Å². The quantitative estimate of drug-likeness (QED) is 0.563. The lowest BCUT2D eigenvalue weighted by Crippen LogP contribution is -2.24. The maximum absolute atomic E-state index is 11.5. The molecule has 1 heterocycles. The Labute approximate surface area is 133 Å². The van der Waals surface area contributed by atoms with Gasteiger partial charge in [-0.25, -0.2) is 4.79 Å². The van der Waals surface area contributed by atoms with Gasteiger partial charge >= 0.3 is 6.09 Å². The molecular formula is C18H17N3O2. The number of para-hydroxylation sites is 1. The number of hydrazone groups is 1. The van der Waals surface area contributed by atoms with Gasteiger partial charge in [0.15, 0.2) is 0 Å². The fourth-order valence-electron chi connectivity index (χ4n) is 2.51. The Bertz CT molecular complexity index is 853. The smallest absolute Gasteiger partial charge is 0.428 e. The first kappa shape index (κ1) is 14.8. The van der Waals surface area contributed by atoms with E-state index in [0.29, 0.717) is 5.71 Å². The molecule has 1 amide bonds. The Morgan fingerprint density at radius 2 is 1.83 bits per heavy atom. The molecule has 0 saturated heterocycles. The summed E-state index contributed by atoms with van der Waals surface area (Å²) in [4.78, 5) is 14.7. The summed E-state index contributed by atoms with van der Waals surface area (Å²) in [6.07, 6.45) is 0.777. The summed E-state index contributed by atoms with van der Waals surface area (Å²) in [6, 6.07) is 17.3. The van der Waals surface area contributed by atoms with Gasteiger partial charge in [0.2, 0.25) is 0 Å². The van der Waals surface area contributed by atoms with Crippen LogP contribution < -0.4 is 0 Å². The molecule has 0 aliphatic heterocycles. The molecule has 5 heteroatoms. The predicted molar refractivity (Wildman–Crippen MR) is 90.5 cm³/mol. The van der Waals surface area contributed by atoms with E-state index in [2.05, 4.69) is 10.1 Å². The van der Waals surface area contributed by atoms with Crippen LogP contribution in [0.5, 0.6) is 0 Å². The third kappa shape index (κ3) is 3.23. The minimum atomic E-state index is -1.08. The van der Waals surface area contributed by atoms with Crippen molar-refractivity contribution < 1.29 is 9.90 Å². The van der Waals surface area contributed by atoms with E-state index in [0.717, 1.165) is 27.0 Å². The Balaban J connectivity index is 1.91. The maximum atomic E-state index is 11.5. The molecule has 2 aromatic carbocycles. The first-order valence-corrected chi connectivity index (χ1v) is 7.31. The van der Waals surface area contributed by atoms with E-state index in [1.54, 1.807) is 0 Å². The van der Waals surface area contributed by atoms with Crippen LogP contribution in [0.15, 0.2) is 65.9 Å². The minimum absolute atomic E-state index is 0.218. The Hall–Kier alpha value is -3.08. The summed E-state index contributed by atoms with van der Waals surface area (Å²) in [6.45, 7) is 2.03. The van der Waals surface area contributed by atoms with Crippen molar-refractivity contribution in [2.24, 2.45) is 5.10 Å². The summed E-state index contributed by atoms with van der Waals surface area (Å²) in [5.41, 5.74) is 3.45. The Morgan fingerprint density at radius 1 is 1.13 bits per heavy atom. The summed E-state index contributed by atoms with van der Waals surface area (Å²) < 4.78 is 0. The molecule has 0 aliphatic carbocycles. The van der Waals surface area contributed by atoms with Gasteiger partial charge in [-0.05, 0) is 18.6 Å². The first-order valence-electron chi connectivity index (χ1n) is 7.31. The van der Waals surface area contributed by atoms with Gasteiger partial charge in [0.25, 0.3) is 0 Å². The molecule has 3 rings (SSSR count). The predicted octanol–water partition coefficient (Wildman–Crippen LogP) is 4.07. The van der Waals surface area contributed by atoms with Crippen LogP contribution in [0.1, 0.15) is 18.1 Å². The molecule has 0 aliphatic rings. The van der Waals surface area contributed by atoms with Crippen molar-refractivity contribution >= 4 is 22.7 Å². The number of aromatic nitrogens is 1. The number of nitrogens with zero attached hydrogens (tertiary/aromatic N) is 2. The monoisotopic (exact) mass is 307 g/mol. The Morgan fingerprint density at radius 3 is 2.57 bits per heavy atom. The van der Waals surface area contributed by atoms with Gasteiger partial charge < -0.3 is 10.1 Å². The zero-order chi connectivity index (χ0) is 16.2. The molecule has 23 heavy (non-hydrogen) atoms. The molecule has 116 valence electrons. The highest BCUT2D eigenvalue weighted by Crippen LogP contribution is 2.19. The number of carboxylic acid groups (broad SMARTS) is 1. The molecule has 0 fully saturated rings. The zero-order valence-electron chi connectivity index (χ0n) is 12.7. The van der Waals surface area contributed by atoms with Crippen LogP contribution in [0.25, 0.3) is 10.9 Å². The van der Waals surface area contributed by atoms with Crippen molar-refractivity contribution in [1.29, 1.82) is 0 Å².